The van der Waals surface area contributed by atoms with Crippen molar-refractivity contribution in [2.45, 2.75) is 13.3 Å². The number of hydrogen-bond acceptors (Lipinski definition) is 5. The SMILES string of the molecule is CC(=O)c1ccc(N2CC[NH+](CCS(=O)(=O)CCC(N)=O)CC2)cc1. The molecule has 7 nitrogen and oxygen atoms in total. The van der Waals surface area contributed by atoms with Crippen LogP contribution < -0.4 is 15.5 Å². The van der Waals surface area contributed by atoms with Gasteiger partial charge in [0, 0.05) is 17.7 Å². The highest BCUT2D eigenvalue weighted by atomic mass is 32.2. The van der Waals surface area contributed by atoms with Gasteiger partial charge in [0.25, 0.3) is 0 Å². The lowest BCUT2D eigenvalue weighted by molar-refractivity contribution is -0.898. The molecule has 8 heteroatoms. The molecule has 0 unspecified atom stereocenters. The first-order valence-electron chi connectivity index (χ1n) is 8.45. The van der Waals surface area contributed by atoms with Crippen LogP contribution in [0, 0.1) is 0 Å². The second-order valence-electron chi connectivity index (χ2n) is 6.46. The van der Waals surface area contributed by atoms with E-state index in [1.165, 1.54) is 4.90 Å². The Morgan fingerprint density at radius 1 is 1.12 bits per heavy atom. The van der Waals surface area contributed by atoms with Crippen molar-refractivity contribution >= 4 is 27.2 Å². The Morgan fingerprint density at radius 2 is 1.72 bits per heavy atom. The summed E-state index contributed by atoms with van der Waals surface area (Å²) < 4.78 is 23.8. The maximum Gasteiger partial charge on any atom is 0.218 e. The zero-order chi connectivity index (χ0) is 18.4. The summed E-state index contributed by atoms with van der Waals surface area (Å²) in [5, 5.41) is 0. The van der Waals surface area contributed by atoms with Gasteiger partial charge >= 0.3 is 0 Å². The quantitative estimate of drug-likeness (QED) is 0.566. The largest absolute Gasteiger partial charge is 0.370 e. The van der Waals surface area contributed by atoms with Crippen molar-refractivity contribution in [3.05, 3.63) is 29.8 Å². The molecule has 1 fully saturated rings. The average Bonchev–Trinajstić information content (AvgIpc) is 2.59. The van der Waals surface area contributed by atoms with Gasteiger partial charge in [0.1, 0.15) is 0 Å². The summed E-state index contributed by atoms with van der Waals surface area (Å²) in [6.45, 7) is 5.51. The van der Waals surface area contributed by atoms with E-state index < -0.39 is 15.7 Å². The van der Waals surface area contributed by atoms with Gasteiger partial charge in [0.2, 0.25) is 5.91 Å². The van der Waals surface area contributed by atoms with Crippen LogP contribution in [0.4, 0.5) is 5.69 Å². The van der Waals surface area contributed by atoms with Crippen molar-refractivity contribution in [3.8, 4) is 0 Å². The van der Waals surface area contributed by atoms with E-state index in [4.69, 9.17) is 5.73 Å². The molecular weight excluding hydrogens is 342 g/mol. The third-order valence-corrected chi connectivity index (χ3v) is 6.19. The van der Waals surface area contributed by atoms with Gasteiger partial charge in [-0.15, -0.1) is 0 Å². The number of anilines is 1. The van der Waals surface area contributed by atoms with Gasteiger partial charge < -0.3 is 15.5 Å². The van der Waals surface area contributed by atoms with Gasteiger partial charge in [-0.05, 0) is 31.2 Å². The van der Waals surface area contributed by atoms with Gasteiger partial charge in [-0.2, -0.15) is 0 Å². The van der Waals surface area contributed by atoms with E-state index in [1.807, 2.05) is 24.3 Å². The highest BCUT2D eigenvalue weighted by Crippen LogP contribution is 2.15. The summed E-state index contributed by atoms with van der Waals surface area (Å²) in [4.78, 5) is 25.5. The number of nitrogens with zero attached hydrogens (tertiary/aromatic N) is 1. The fraction of sp³-hybridized carbons (Fsp3) is 0.529. The van der Waals surface area contributed by atoms with Gasteiger partial charge in [0.15, 0.2) is 15.6 Å². The molecular formula is C17H26N3O4S+. The molecule has 1 saturated heterocycles. The number of hydrogen-bond donors (Lipinski definition) is 2. The second-order valence-corrected chi connectivity index (χ2v) is 8.76. The van der Waals surface area contributed by atoms with Crippen LogP contribution in [0.15, 0.2) is 24.3 Å². The predicted molar refractivity (Wildman–Crippen MR) is 96.7 cm³/mol. The number of nitrogens with two attached hydrogens (primary N) is 1. The molecule has 0 spiro atoms. The van der Waals surface area contributed by atoms with Crippen LogP contribution in [0.1, 0.15) is 23.7 Å². The zero-order valence-corrected chi connectivity index (χ0v) is 15.3. The highest BCUT2D eigenvalue weighted by Gasteiger charge is 2.22. The Balaban J connectivity index is 1.79. The molecule has 0 atom stereocenters. The van der Waals surface area contributed by atoms with Crippen molar-refractivity contribution in [2.24, 2.45) is 5.73 Å². The topological polar surface area (TPSA) is 102 Å². The molecule has 138 valence electrons. The maximum absolute atomic E-state index is 11.9. The number of benzene rings is 1. The number of ketones is 1. The molecule has 25 heavy (non-hydrogen) atoms. The second kappa shape index (κ2) is 8.44. The van der Waals surface area contributed by atoms with Gasteiger partial charge in [-0.3, -0.25) is 9.59 Å². The Bertz CT molecular complexity index is 708. The molecule has 1 aliphatic heterocycles. The first-order chi connectivity index (χ1) is 11.8. The zero-order valence-electron chi connectivity index (χ0n) is 14.5. The van der Waals surface area contributed by atoms with Gasteiger partial charge in [-0.1, -0.05) is 0 Å². The third-order valence-electron chi connectivity index (χ3n) is 4.54. The van der Waals surface area contributed by atoms with Crippen molar-refractivity contribution in [1.29, 1.82) is 0 Å². The molecule has 1 aromatic rings. The minimum absolute atomic E-state index is 0.0540. The molecule has 0 aromatic heterocycles. The number of Topliss-reactive ketones (excluding diaryl/α,β-unsaturated/α-hetero) is 1. The number of rotatable bonds is 8. The lowest BCUT2D eigenvalue weighted by Crippen LogP contribution is -3.15. The van der Waals surface area contributed by atoms with E-state index in [0.29, 0.717) is 12.1 Å². The summed E-state index contributed by atoms with van der Waals surface area (Å²) in [7, 11) is -3.22. The highest BCUT2D eigenvalue weighted by molar-refractivity contribution is 7.91. The monoisotopic (exact) mass is 368 g/mol. The Morgan fingerprint density at radius 3 is 2.24 bits per heavy atom. The Labute approximate surface area is 148 Å². The summed E-state index contributed by atoms with van der Waals surface area (Å²) in [6, 6.07) is 7.58. The van der Waals surface area contributed by atoms with Crippen LogP contribution in [-0.4, -0.2) is 64.3 Å². The van der Waals surface area contributed by atoms with E-state index in [2.05, 4.69) is 4.90 Å². The summed E-state index contributed by atoms with van der Waals surface area (Å²) in [6.07, 6.45) is -0.109. The first kappa shape index (κ1) is 19.4. The summed E-state index contributed by atoms with van der Waals surface area (Å²) >= 11 is 0. The predicted octanol–water partition coefficient (Wildman–Crippen LogP) is -1.12. The van der Waals surface area contributed by atoms with Crippen molar-refractivity contribution in [3.63, 3.8) is 0 Å². The minimum Gasteiger partial charge on any atom is -0.370 e. The minimum atomic E-state index is -3.22. The number of amides is 1. The number of piperazine rings is 1. The van der Waals surface area contributed by atoms with E-state index >= 15 is 0 Å². The molecule has 2 rings (SSSR count). The number of quaternary nitrogens is 1. The van der Waals surface area contributed by atoms with E-state index in [1.54, 1.807) is 6.92 Å². The molecule has 0 bridgehead atoms. The van der Waals surface area contributed by atoms with Crippen LogP contribution in [-0.2, 0) is 14.6 Å². The molecule has 0 aliphatic carbocycles. The van der Waals surface area contributed by atoms with Crippen molar-refractivity contribution in [2.75, 3.05) is 49.1 Å². The lowest BCUT2D eigenvalue weighted by atomic mass is 10.1. The molecule has 1 heterocycles. The Hall–Kier alpha value is -1.93. The molecule has 3 N–H and O–H groups in total. The first-order valence-corrected chi connectivity index (χ1v) is 10.3. The fourth-order valence-corrected chi connectivity index (χ4v) is 4.21. The average molecular weight is 368 g/mol. The van der Waals surface area contributed by atoms with Crippen LogP contribution >= 0.6 is 0 Å². The van der Waals surface area contributed by atoms with Crippen LogP contribution in [0.2, 0.25) is 0 Å². The van der Waals surface area contributed by atoms with Crippen LogP contribution in [0.25, 0.3) is 0 Å². The smallest absolute Gasteiger partial charge is 0.218 e. The van der Waals surface area contributed by atoms with Gasteiger partial charge in [-0.25, -0.2) is 8.42 Å². The third kappa shape index (κ3) is 6.13. The maximum atomic E-state index is 11.9. The summed E-state index contributed by atoms with van der Waals surface area (Å²) in [5.74, 6) is -0.605. The van der Waals surface area contributed by atoms with Crippen molar-refractivity contribution < 1.29 is 22.9 Å². The van der Waals surface area contributed by atoms with E-state index in [-0.39, 0.29) is 23.7 Å². The lowest BCUT2D eigenvalue weighted by Gasteiger charge is -2.33. The van der Waals surface area contributed by atoms with Gasteiger partial charge in [0.05, 0.1) is 44.2 Å². The standard InChI is InChI=1S/C17H25N3O4S/c1-14(21)15-2-4-16(5-3-15)20-9-7-19(8-10-20)11-13-25(23,24)12-6-17(18)22/h2-5H,6-13H2,1H3,(H2,18,22)/p+1. The Kier molecular flexibility index (Phi) is 6.55. The van der Waals surface area contributed by atoms with Crippen molar-refractivity contribution in [1.82, 2.24) is 0 Å². The van der Waals surface area contributed by atoms with E-state index in [9.17, 15) is 18.0 Å². The number of nitrogens with one attached hydrogen (secondary N) is 1. The summed E-state index contributed by atoms with van der Waals surface area (Å²) in [5.41, 5.74) is 6.79. The van der Waals surface area contributed by atoms with E-state index in [0.717, 1.165) is 31.9 Å². The molecule has 1 aliphatic rings. The number of primary amides is 1. The number of carbonyl (C=O) groups is 2. The van der Waals surface area contributed by atoms with Crippen LogP contribution in [0.3, 0.4) is 0 Å². The molecule has 1 aromatic carbocycles. The molecule has 0 radical (unpaired) electrons. The molecule has 1 amide bonds. The number of sulfone groups is 1. The normalized spacial score (nSPS) is 16.0. The van der Waals surface area contributed by atoms with Crippen LogP contribution in [0.5, 0.6) is 0 Å². The molecule has 0 saturated carbocycles. The fourth-order valence-electron chi connectivity index (χ4n) is 2.90. The number of carbonyl (C=O) groups excluding carboxylic acids is 2.